The summed E-state index contributed by atoms with van der Waals surface area (Å²) in [5, 5.41) is 2.99. The zero-order chi connectivity index (χ0) is 18.5. The van der Waals surface area contributed by atoms with E-state index in [4.69, 9.17) is 0 Å². The molecule has 3 rings (SSSR count). The van der Waals surface area contributed by atoms with E-state index in [-0.39, 0.29) is 23.3 Å². The fourth-order valence-electron chi connectivity index (χ4n) is 3.28. The van der Waals surface area contributed by atoms with Crippen molar-refractivity contribution in [1.29, 1.82) is 0 Å². The van der Waals surface area contributed by atoms with E-state index in [1.807, 2.05) is 31.2 Å². The summed E-state index contributed by atoms with van der Waals surface area (Å²) in [5.41, 5.74) is 2.35. The Morgan fingerprint density at radius 1 is 1.08 bits per heavy atom. The van der Waals surface area contributed by atoms with E-state index in [9.17, 15) is 14.0 Å². The van der Waals surface area contributed by atoms with Crippen molar-refractivity contribution < 1.29 is 14.0 Å². The van der Waals surface area contributed by atoms with E-state index in [0.29, 0.717) is 32.5 Å². The van der Waals surface area contributed by atoms with Gasteiger partial charge < -0.3 is 10.2 Å². The Hall–Kier alpha value is -2.69. The molecule has 0 radical (unpaired) electrons. The Kier molecular flexibility index (Phi) is 5.66. The summed E-state index contributed by atoms with van der Waals surface area (Å²) in [4.78, 5) is 26.5. The number of piperidine rings is 1. The van der Waals surface area contributed by atoms with Gasteiger partial charge in [-0.25, -0.2) is 4.39 Å². The van der Waals surface area contributed by atoms with Crippen molar-refractivity contribution in [1.82, 2.24) is 10.2 Å². The van der Waals surface area contributed by atoms with Crippen LogP contribution in [0.15, 0.2) is 48.5 Å². The van der Waals surface area contributed by atoms with Gasteiger partial charge in [-0.15, -0.1) is 0 Å². The monoisotopic (exact) mass is 354 g/mol. The van der Waals surface area contributed by atoms with Crippen molar-refractivity contribution in [3.8, 4) is 0 Å². The largest absolute Gasteiger partial charge is 0.352 e. The summed E-state index contributed by atoms with van der Waals surface area (Å²) < 4.78 is 13.8. The second-order valence-corrected chi connectivity index (χ2v) is 6.69. The SMILES string of the molecule is Cc1ccccc1CNC(=O)C1CCN(C(=O)c2ccccc2F)CC1. The van der Waals surface area contributed by atoms with Gasteiger partial charge in [0.1, 0.15) is 5.82 Å². The lowest BCUT2D eigenvalue weighted by Crippen LogP contribution is -2.43. The van der Waals surface area contributed by atoms with Gasteiger partial charge in [0.05, 0.1) is 5.56 Å². The van der Waals surface area contributed by atoms with Crippen LogP contribution in [0.4, 0.5) is 4.39 Å². The number of aryl methyl sites for hydroxylation is 1. The highest BCUT2D eigenvalue weighted by molar-refractivity contribution is 5.94. The third-order valence-electron chi connectivity index (χ3n) is 4.97. The molecule has 1 fully saturated rings. The lowest BCUT2D eigenvalue weighted by Gasteiger charge is -2.31. The molecule has 0 aliphatic carbocycles. The molecule has 2 amide bonds. The van der Waals surface area contributed by atoms with Gasteiger partial charge in [-0.1, -0.05) is 36.4 Å². The van der Waals surface area contributed by atoms with E-state index < -0.39 is 5.82 Å². The number of amides is 2. The molecule has 136 valence electrons. The second kappa shape index (κ2) is 8.13. The van der Waals surface area contributed by atoms with E-state index in [1.165, 1.54) is 12.1 Å². The number of benzene rings is 2. The molecule has 1 N–H and O–H groups in total. The number of carbonyl (C=O) groups is 2. The molecule has 0 spiro atoms. The first kappa shape index (κ1) is 18.1. The molecule has 0 unspecified atom stereocenters. The third-order valence-corrected chi connectivity index (χ3v) is 4.97. The van der Waals surface area contributed by atoms with Crippen LogP contribution in [-0.2, 0) is 11.3 Å². The Morgan fingerprint density at radius 2 is 1.73 bits per heavy atom. The molecule has 0 atom stereocenters. The van der Waals surface area contributed by atoms with E-state index in [0.717, 1.165) is 11.1 Å². The minimum absolute atomic E-state index is 0.0197. The summed E-state index contributed by atoms with van der Waals surface area (Å²) in [6, 6.07) is 14.0. The van der Waals surface area contributed by atoms with E-state index in [1.54, 1.807) is 17.0 Å². The van der Waals surface area contributed by atoms with E-state index in [2.05, 4.69) is 5.32 Å². The highest BCUT2D eigenvalue weighted by Crippen LogP contribution is 2.20. The minimum atomic E-state index is -0.504. The van der Waals surface area contributed by atoms with E-state index >= 15 is 0 Å². The number of likely N-dealkylation sites (tertiary alicyclic amines) is 1. The van der Waals surface area contributed by atoms with Crippen LogP contribution < -0.4 is 5.32 Å². The zero-order valence-electron chi connectivity index (χ0n) is 14.9. The molecule has 1 heterocycles. The van der Waals surface area contributed by atoms with Crippen molar-refractivity contribution in [3.05, 3.63) is 71.0 Å². The molecule has 1 aliphatic rings. The molecular formula is C21H23FN2O2. The smallest absolute Gasteiger partial charge is 0.256 e. The van der Waals surface area contributed by atoms with Crippen molar-refractivity contribution >= 4 is 11.8 Å². The number of rotatable bonds is 4. The average Bonchev–Trinajstić information content (AvgIpc) is 2.67. The lowest BCUT2D eigenvalue weighted by atomic mass is 9.95. The molecule has 26 heavy (non-hydrogen) atoms. The molecule has 1 aliphatic heterocycles. The van der Waals surface area contributed by atoms with Crippen LogP contribution in [0.2, 0.25) is 0 Å². The van der Waals surface area contributed by atoms with Gasteiger partial charge in [0.15, 0.2) is 0 Å². The standard InChI is InChI=1S/C21H23FN2O2/c1-15-6-2-3-7-17(15)14-23-20(25)16-10-12-24(13-11-16)21(26)18-8-4-5-9-19(18)22/h2-9,16H,10-14H2,1H3,(H,23,25). The lowest BCUT2D eigenvalue weighted by molar-refractivity contribution is -0.126. The Bertz CT molecular complexity index is 798. The van der Waals surface area contributed by atoms with Crippen LogP contribution in [0.5, 0.6) is 0 Å². The van der Waals surface area contributed by atoms with Gasteiger partial charge in [-0.2, -0.15) is 0 Å². The first-order valence-electron chi connectivity index (χ1n) is 8.92. The summed E-state index contributed by atoms with van der Waals surface area (Å²) >= 11 is 0. The summed E-state index contributed by atoms with van der Waals surface area (Å²) in [5.74, 6) is -0.896. The minimum Gasteiger partial charge on any atom is -0.352 e. The van der Waals surface area contributed by atoms with Crippen molar-refractivity contribution in [3.63, 3.8) is 0 Å². The maximum Gasteiger partial charge on any atom is 0.256 e. The number of hydrogen-bond acceptors (Lipinski definition) is 2. The Balaban J connectivity index is 1.52. The number of nitrogens with one attached hydrogen (secondary N) is 1. The fourth-order valence-corrected chi connectivity index (χ4v) is 3.28. The molecule has 2 aromatic rings. The van der Waals surface area contributed by atoms with Crippen LogP contribution in [-0.4, -0.2) is 29.8 Å². The van der Waals surface area contributed by atoms with Gasteiger partial charge in [0.2, 0.25) is 5.91 Å². The first-order chi connectivity index (χ1) is 12.6. The van der Waals surface area contributed by atoms with Crippen LogP contribution >= 0.6 is 0 Å². The van der Waals surface area contributed by atoms with Gasteiger partial charge >= 0.3 is 0 Å². The molecule has 0 saturated carbocycles. The van der Waals surface area contributed by atoms with Gasteiger partial charge in [-0.3, -0.25) is 9.59 Å². The van der Waals surface area contributed by atoms with Gasteiger partial charge in [-0.05, 0) is 43.0 Å². The number of carbonyl (C=O) groups excluding carboxylic acids is 2. The zero-order valence-corrected chi connectivity index (χ0v) is 14.9. The topological polar surface area (TPSA) is 49.4 Å². The summed E-state index contributed by atoms with van der Waals surface area (Å²) in [6.45, 7) is 3.47. The molecule has 1 saturated heterocycles. The van der Waals surface area contributed by atoms with Crippen LogP contribution in [0.25, 0.3) is 0 Å². The van der Waals surface area contributed by atoms with Gasteiger partial charge in [0.25, 0.3) is 5.91 Å². The molecule has 4 nitrogen and oxygen atoms in total. The first-order valence-corrected chi connectivity index (χ1v) is 8.92. The van der Waals surface area contributed by atoms with Crippen LogP contribution in [0.1, 0.15) is 34.3 Å². The highest BCUT2D eigenvalue weighted by Gasteiger charge is 2.28. The normalized spacial score (nSPS) is 14.9. The average molecular weight is 354 g/mol. The fraction of sp³-hybridized carbons (Fsp3) is 0.333. The third kappa shape index (κ3) is 4.10. The molecule has 2 aromatic carbocycles. The number of nitrogens with zero attached hydrogens (tertiary/aromatic N) is 1. The maximum absolute atomic E-state index is 13.8. The molecular weight excluding hydrogens is 331 g/mol. The Morgan fingerprint density at radius 3 is 2.42 bits per heavy atom. The number of hydrogen-bond donors (Lipinski definition) is 1. The second-order valence-electron chi connectivity index (χ2n) is 6.69. The molecule has 0 bridgehead atoms. The van der Waals surface area contributed by atoms with Crippen molar-refractivity contribution in [2.75, 3.05) is 13.1 Å². The summed E-state index contributed by atoms with van der Waals surface area (Å²) in [6.07, 6.45) is 1.19. The number of halogens is 1. The van der Waals surface area contributed by atoms with Crippen molar-refractivity contribution in [2.45, 2.75) is 26.3 Å². The molecule has 0 aromatic heterocycles. The predicted molar refractivity (Wildman–Crippen MR) is 98.1 cm³/mol. The maximum atomic E-state index is 13.8. The highest BCUT2D eigenvalue weighted by atomic mass is 19.1. The van der Waals surface area contributed by atoms with Crippen molar-refractivity contribution in [2.24, 2.45) is 5.92 Å². The van der Waals surface area contributed by atoms with Gasteiger partial charge in [0, 0.05) is 25.6 Å². The predicted octanol–water partition coefficient (Wildman–Crippen LogP) is 3.30. The summed E-state index contributed by atoms with van der Waals surface area (Å²) in [7, 11) is 0. The van der Waals surface area contributed by atoms with Crippen LogP contribution in [0.3, 0.4) is 0 Å². The quantitative estimate of drug-likeness (QED) is 0.916. The Labute approximate surface area is 153 Å². The van der Waals surface area contributed by atoms with Crippen LogP contribution in [0, 0.1) is 18.7 Å². The molecule has 5 heteroatoms.